The first-order valence-electron chi connectivity index (χ1n) is 7.66. The molecule has 0 spiro atoms. The topological polar surface area (TPSA) is 29.9 Å². The lowest BCUT2D eigenvalue weighted by atomic mass is 10.1. The molecule has 4 heteroatoms. The lowest BCUT2D eigenvalue weighted by molar-refractivity contribution is 0.638. The Morgan fingerprint density at radius 3 is 2.43 bits per heavy atom. The summed E-state index contributed by atoms with van der Waals surface area (Å²) in [5, 5.41) is 8.84. The largest absolute Gasteiger partial charge is 0.319 e. The third kappa shape index (κ3) is 3.86. The maximum atomic E-state index is 5.95. The average molecular weight is 306 g/mol. The van der Waals surface area contributed by atoms with Crippen LogP contribution in [0.1, 0.15) is 36.4 Å². The number of aryl methyl sites for hydroxylation is 1. The standard InChI is InChI=1S/C17H24ClN3/c1-4-16-15(10-11-19-3)17(5-2)21(20-16)12-13-6-8-14(18)9-7-13/h6-9,19H,4-5,10-12H2,1-3H3. The first kappa shape index (κ1) is 16.1. The molecule has 0 unspecified atom stereocenters. The zero-order valence-electron chi connectivity index (χ0n) is 13.1. The van der Waals surface area contributed by atoms with Crippen LogP contribution >= 0.6 is 11.6 Å². The van der Waals surface area contributed by atoms with Gasteiger partial charge in [-0.05, 0) is 56.1 Å². The van der Waals surface area contributed by atoms with Crippen LogP contribution in [0.4, 0.5) is 0 Å². The summed E-state index contributed by atoms with van der Waals surface area (Å²) in [4.78, 5) is 0. The molecule has 1 aromatic heterocycles. The van der Waals surface area contributed by atoms with Crippen molar-refractivity contribution in [2.75, 3.05) is 13.6 Å². The van der Waals surface area contributed by atoms with E-state index in [9.17, 15) is 0 Å². The molecule has 0 bridgehead atoms. The molecule has 0 saturated carbocycles. The van der Waals surface area contributed by atoms with Crippen LogP contribution in [0.2, 0.25) is 5.02 Å². The van der Waals surface area contributed by atoms with Crippen LogP contribution in [0.5, 0.6) is 0 Å². The number of halogens is 1. The average Bonchev–Trinajstić information content (AvgIpc) is 2.84. The number of nitrogens with zero attached hydrogens (tertiary/aromatic N) is 2. The Morgan fingerprint density at radius 1 is 1.14 bits per heavy atom. The zero-order chi connectivity index (χ0) is 15.2. The summed E-state index contributed by atoms with van der Waals surface area (Å²) in [5.74, 6) is 0. The van der Waals surface area contributed by atoms with Crippen molar-refractivity contribution in [2.45, 2.75) is 39.7 Å². The summed E-state index contributed by atoms with van der Waals surface area (Å²) in [7, 11) is 2.00. The van der Waals surface area contributed by atoms with E-state index in [1.54, 1.807) is 0 Å². The van der Waals surface area contributed by atoms with Gasteiger partial charge in [-0.15, -0.1) is 0 Å². The zero-order valence-corrected chi connectivity index (χ0v) is 13.9. The van der Waals surface area contributed by atoms with E-state index < -0.39 is 0 Å². The number of likely N-dealkylation sites (N-methyl/N-ethyl adjacent to an activating group) is 1. The minimum Gasteiger partial charge on any atom is -0.319 e. The molecular formula is C17H24ClN3. The van der Waals surface area contributed by atoms with E-state index in [4.69, 9.17) is 16.7 Å². The van der Waals surface area contributed by atoms with Gasteiger partial charge in [-0.2, -0.15) is 5.10 Å². The van der Waals surface area contributed by atoms with Crippen LogP contribution in [-0.4, -0.2) is 23.4 Å². The van der Waals surface area contributed by atoms with Crippen molar-refractivity contribution in [3.05, 3.63) is 51.8 Å². The van der Waals surface area contributed by atoms with Crippen molar-refractivity contribution < 1.29 is 0 Å². The Kier molecular flexibility index (Phi) is 5.83. The lowest BCUT2D eigenvalue weighted by Gasteiger charge is -2.08. The Morgan fingerprint density at radius 2 is 1.86 bits per heavy atom. The minimum absolute atomic E-state index is 0.777. The van der Waals surface area contributed by atoms with Gasteiger partial charge in [0.05, 0.1) is 12.2 Å². The van der Waals surface area contributed by atoms with Gasteiger partial charge in [0.2, 0.25) is 0 Å². The molecule has 114 valence electrons. The van der Waals surface area contributed by atoms with Gasteiger partial charge in [0.25, 0.3) is 0 Å². The molecule has 2 rings (SSSR count). The molecule has 1 N–H and O–H groups in total. The highest BCUT2D eigenvalue weighted by atomic mass is 35.5. The Labute approximate surface area is 132 Å². The van der Waals surface area contributed by atoms with Gasteiger partial charge in [-0.25, -0.2) is 0 Å². The Balaban J connectivity index is 2.29. The van der Waals surface area contributed by atoms with Gasteiger partial charge in [0.15, 0.2) is 0 Å². The molecule has 0 radical (unpaired) electrons. The first-order valence-corrected chi connectivity index (χ1v) is 8.03. The molecule has 0 atom stereocenters. The molecule has 0 aliphatic carbocycles. The highest BCUT2D eigenvalue weighted by Crippen LogP contribution is 2.19. The summed E-state index contributed by atoms with van der Waals surface area (Å²) in [6, 6.07) is 8.02. The molecule has 3 nitrogen and oxygen atoms in total. The fraction of sp³-hybridized carbons (Fsp3) is 0.471. The van der Waals surface area contributed by atoms with E-state index in [0.717, 1.165) is 37.4 Å². The van der Waals surface area contributed by atoms with E-state index in [1.165, 1.54) is 22.5 Å². The summed E-state index contributed by atoms with van der Waals surface area (Å²) in [6.45, 7) is 6.19. The van der Waals surface area contributed by atoms with Gasteiger partial charge in [-0.1, -0.05) is 37.6 Å². The third-order valence-corrected chi connectivity index (χ3v) is 4.04. The van der Waals surface area contributed by atoms with Crippen molar-refractivity contribution in [3.8, 4) is 0 Å². The van der Waals surface area contributed by atoms with E-state index in [-0.39, 0.29) is 0 Å². The highest BCUT2D eigenvalue weighted by Gasteiger charge is 2.15. The van der Waals surface area contributed by atoms with Crippen molar-refractivity contribution in [1.29, 1.82) is 0 Å². The lowest BCUT2D eigenvalue weighted by Crippen LogP contribution is -2.12. The monoisotopic (exact) mass is 305 g/mol. The van der Waals surface area contributed by atoms with Gasteiger partial charge in [0.1, 0.15) is 0 Å². The van der Waals surface area contributed by atoms with Crippen LogP contribution in [0.25, 0.3) is 0 Å². The maximum Gasteiger partial charge on any atom is 0.0662 e. The van der Waals surface area contributed by atoms with Gasteiger partial charge >= 0.3 is 0 Å². The van der Waals surface area contributed by atoms with Crippen LogP contribution in [-0.2, 0) is 25.8 Å². The number of benzene rings is 1. The molecule has 1 heterocycles. The van der Waals surface area contributed by atoms with Crippen molar-refractivity contribution in [3.63, 3.8) is 0 Å². The molecule has 0 fully saturated rings. The molecule has 2 aromatic rings. The summed E-state index contributed by atoms with van der Waals surface area (Å²) < 4.78 is 2.16. The Bertz CT molecular complexity index is 572. The number of aromatic nitrogens is 2. The molecule has 21 heavy (non-hydrogen) atoms. The minimum atomic E-state index is 0.777. The summed E-state index contributed by atoms with van der Waals surface area (Å²) >= 11 is 5.95. The van der Waals surface area contributed by atoms with Crippen LogP contribution in [0.15, 0.2) is 24.3 Å². The molecular weight excluding hydrogens is 282 g/mol. The van der Waals surface area contributed by atoms with Gasteiger partial charge in [0, 0.05) is 10.7 Å². The molecule has 1 aromatic carbocycles. The summed E-state index contributed by atoms with van der Waals surface area (Å²) in [6.07, 6.45) is 3.04. The quantitative estimate of drug-likeness (QED) is 0.849. The smallest absolute Gasteiger partial charge is 0.0662 e. The highest BCUT2D eigenvalue weighted by molar-refractivity contribution is 6.30. The number of hydrogen-bond donors (Lipinski definition) is 1. The third-order valence-electron chi connectivity index (χ3n) is 3.79. The number of hydrogen-bond acceptors (Lipinski definition) is 2. The number of rotatable bonds is 7. The second-order valence-electron chi connectivity index (χ2n) is 5.22. The second kappa shape index (κ2) is 7.62. The second-order valence-corrected chi connectivity index (χ2v) is 5.65. The Hall–Kier alpha value is -1.32. The van der Waals surface area contributed by atoms with Gasteiger partial charge in [-0.3, -0.25) is 4.68 Å². The number of nitrogens with one attached hydrogen (secondary N) is 1. The van der Waals surface area contributed by atoms with Crippen LogP contribution in [0.3, 0.4) is 0 Å². The van der Waals surface area contributed by atoms with Crippen molar-refractivity contribution in [1.82, 2.24) is 15.1 Å². The fourth-order valence-electron chi connectivity index (χ4n) is 2.70. The van der Waals surface area contributed by atoms with Gasteiger partial charge < -0.3 is 5.32 Å². The first-order chi connectivity index (χ1) is 10.2. The predicted octanol–water partition coefficient (Wildman–Crippen LogP) is 3.47. The summed E-state index contributed by atoms with van der Waals surface area (Å²) in [5.41, 5.74) is 5.25. The van der Waals surface area contributed by atoms with E-state index in [1.807, 2.05) is 19.2 Å². The molecule has 0 aliphatic rings. The van der Waals surface area contributed by atoms with E-state index in [0.29, 0.717) is 0 Å². The molecule has 0 amide bonds. The normalized spacial score (nSPS) is 11.0. The predicted molar refractivity (Wildman–Crippen MR) is 89.2 cm³/mol. The fourth-order valence-corrected chi connectivity index (χ4v) is 2.83. The molecule has 0 saturated heterocycles. The van der Waals surface area contributed by atoms with Crippen LogP contribution in [0, 0.1) is 0 Å². The van der Waals surface area contributed by atoms with Crippen molar-refractivity contribution in [2.24, 2.45) is 0 Å². The molecule has 0 aliphatic heterocycles. The maximum absolute atomic E-state index is 5.95. The van der Waals surface area contributed by atoms with Crippen molar-refractivity contribution >= 4 is 11.6 Å². The van der Waals surface area contributed by atoms with E-state index >= 15 is 0 Å². The van der Waals surface area contributed by atoms with Crippen LogP contribution < -0.4 is 5.32 Å². The SMILES string of the molecule is CCc1nn(Cc2ccc(Cl)cc2)c(CC)c1CCNC. The van der Waals surface area contributed by atoms with E-state index in [2.05, 4.69) is 36.0 Å².